The second-order valence-corrected chi connectivity index (χ2v) is 8.95. The van der Waals surface area contributed by atoms with Crippen molar-refractivity contribution in [1.29, 1.82) is 0 Å². The minimum atomic E-state index is -0.151. The molecule has 4 rings (SSSR count). The highest BCUT2D eigenvalue weighted by Gasteiger charge is 2.23. The molecule has 1 unspecified atom stereocenters. The molecule has 0 N–H and O–H groups in total. The highest BCUT2D eigenvalue weighted by molar-refractivity contribution is 7.98. The summed E-state index contributed by atoms with van der Waals surface area (Å²) in [6, 6.07) is 10.4. The number of benzene rings is 1. The minimum Gasteiger partial charge on any atom is -0.376 e. The summed E-state index contributed by atoms with van der Waals surface area (Å²) in [6.45, 7) is 7.97. The lowest BCUT2D eigenvalue weighted by Crippen LogP contribution is -2.25. The van der Waals surface area contributed by atoms with Gasteiger partial charge in [0, 0.05) is 6.61 Å². The molecule has 148 valence electrons. The number of rotatable bonds is 6. The van der Waals surface area contributed by atoms with Gasteiger partial charge in [0.15, 0.2) is 11.0 Å². The van der Waals surface area contributed by atoms with Crippen molar-refractivity contribution in [3.8, 4) is 11.3 Å². The van der Waals surface area contributed by atoms with Crippen molar-refractivity contribution >= 4 is 11.8 Å². The Morgan fingerprint density at radius 3 is 2.75 bits per heavy atom. The van der Waals surface area contributed by atoms with E-state index in [-0.39, 0.29) is 11.6 Å². The Morgan fingerprint density at radius 2 is 2.04 bits per heavy atom. The van der Waals surface area contributed by atoms with Gasteiger partial charge in [-0.3, -0.25) is 0 Å². The van der Waals surface area contributed by atoms with E-state index in [4.69, 9.17) is 9.72 Å². The van der Waals surface area contributed by atoms with Crippen LogP contribution in [0.5, 0.6) is 0 Å². The molecule has 0 bridgehead atoms. The highest BCUT2D eigenvalue weighted by Crippen LogP contribution is 2.30. The lowest BCUT2D eigenvalue weighted by Gasteiger charge is -2.20. The van der Waals surface area contributed by atoms with Crippen LogP contribution >= 0.6 is 11.8 Å². The van der Waals surface area contributed by atoms with Crippen molar-refractivity contribution in [2.45, 2.75) is 62.7 Å². The van der Waals surface area contributed by atoms with Crippen molar-refractivity contribution in [2.24, 2.45) is 0 Å². The van der Waals surface area contributed by atoms with Gasteiger partial charge in [-0.1, -0.05) is 42.1 Å². The third-order valence-electron chi connectivity index (χ3n) is 4.80. The average molecular weight is 399 g/mol. The largest absolute Gasteiger partial charge is 0.376 e. The summed E-state index contributed by atoms with van der Waals surface area (Å²) in [6.07, 6.45) is 4.43. The summed E-state index contributed by atoms with van der Waals surface area (Å²) in [5.41, 5.74) is 2.13. The Balaban J connectivity index is 1.60. The number of hydrogen-bond acceptors (Lipinski definition) is 6. The van der Waals surface area contributed by atoms with Crippen LogP contribution < -0.4 is 0 Å². The highest BCUT2D eigenvalue weighted by atomic mass is 32.2. The van der Waals surface area contributed by atoms with Gasteiger partial charge in [0.1, 0.15) is 0 Å². The van der Waals surface area contributed by atoms with Crippen molar-refractivity contribution in [2.75, 3.05) is 6.61 Å². The summed E-state index contributed by atoms with van der Waals surface area (Å²) in [7, 11) is 0. The second-order valence-electron chi connectivity index (χ2n) is 8.00. The topological polar surface area (TPSA) is 70.7 Å². The van der Waals surface area contributed by atoms with Gasteiger partial charge < -0.3 is 9.30 Å². The molecule has 1 aliphatic heterocycles. The zero-order chi connectivity index (χ0) is 19.6. The van der Waals surface area contributed by atoms with E-state index in [1.807, 2.05) is 16.9 Å². The average Bonchev–Trinajstić information content (AvgIpc) is 3.42. The maximum atomic E-state index is 5.89. The molecular formula is C20H26N6OS. The van der Waals surface area contributed by atoms with Crippen LogP contribution in [-0.4, -0.2) is 42.5 Å². The lowest BCUT2D eigenvalue weighted by atomic mass is 10.1. The van der Waals surface area contributed by atoms with Crippen molar-refractivity contribution in [3.05, 3.63) is 42.4 Å². The van der Waals surface area contributed by atoms with E-state index in [0.29, 0.717) is 5.75 Å². The second kappa shape index (κ2) is 8.05. The van der Waals surface area contributed by atoms with Crippen LogP contribution in [0, 0.1) is 0 Å². The Labute approximate surface area is 169 Å². The standard InChI is InChI=1S/C20H26N6OS/c1-20(2,3)26-18(22-23-24-26)14-28-19-21-12-17(15-8-5-4-6-9-15)25(19)13-16-10-7-11-27-16/h4-6,8-9,12,16H,7,10-11,13-14H2,1-3H3. The van der Waals surface area contributed by atoms with E-state index in [0.717, 1.165) is 42.7 Å². The van der Waals surface area contributed by atoms with Gasteiger partial charge >= 0.3 is 0 Å². The molecular weight excluding hydrogens is 372 g/mol. The summed E-state index contributed by atoms with van der Waals surface area (Å²) >= 11 is 1.67. The third-order valence-corrected chi connectivity index (χ3v) is 5.79. The fourth-order valence-electron chi connectivity index (χ4n) is 3.43. The van der Waals surface area contributed by atoms with Crippen LogP contribution in [0.4, 0.5) is 0 Å². The monoisotopic (exact) mass is 398 g/mol. The predicted octanol–water partition coefficient (Wildman–Crippen LogP) is 3.76. The molecule has 3 heterocycles. The Bertz CT molecular complexity index is 908. The summed E-state index contributed by atoms with van der Waals surface area (Å²) < 4.78 is 10.1. The molecule has 1 fully saturated rings. The molecule has 0 spiro atoms. The molecule has 0 saturated carbocycles. The van der Waals surface area contributed by atoms with Gasteiger partial charge in [0.05, 0.1) is 35.8 Å². The maximum Gasteiger partial charge on any atom is 0.168 e. The number of hydrogen-bond donors (Lipinski definition) is 0. The van der Waals surface area contributed by atoms with Crippen LogP contribution in [0.3, 0.4) is 0 Å². The Morgan fingerprint density at radius 1 is 1.21 bits per heavy atom. The normalized spacial score (nSPS) is 17.3. The van der Waals surface area contributed by atoms with E-state index in [1.54, 1.807) is 11.8 Å². The maximum absolute atomic E-state index is 5.89. The van der Waals surface area contributed by atoms with Gasteiger partial charge in [0.2, 0.25) is 0 Å². The summed E-state index contributed by atoms with van der Waals surface area (Å²) in [5, 5.41) is 13.2. The molecule has 0 aliphatic carbocycles. The number of ether oxygens (including phenoxy) is 1. The number of aromatic nitrogens is 6. The lowest BCUT2D eigenvalue weighted by molar-refractivity contribution is 0.0954. The van der Waals surface area contributed by atoms with Crippen molar-refractivity contribution < 1.29 is 4.74 Å². The first-order chi connectivity index (χ1) is 13.5. The van der Waals surface area contributed by atoms with Gasteiger partial charge in [-0.2, -0.15) is 0 Å². The predicted molar refractivity (Wildman–Crippen MR) is 109 cm³/mol. The molecule has 0 amide bonds. The minimum absolute atomic E-state index is 0.151. The SMILES string of the molecule is CC(C)(C)n1nnnc1CSc1ncc(-c2ccccc2)n1CC1CCCO1. The van der Waals surface area contributed by atoms with Gasteiger partial charge in [0.25, 0.3) is 0 Å². The summed E-state index contributed by atoms with van der Waals surface area (Å²) in [5.74, 6) is 1.52. The molecule has 1 aromatic carbocycles. The van der Waals surface area contributed by atoms with Crippen LogP contribution in [0.25, 0.3) is 11.3 Å². The molecule has 0 radical (unpaired) electrons. The fourth-order valence-corrected chi connectivity index (χ4v) is 4.32. The van der Waals surface area contributed by atoms with Crippen LogP contribution in [0.2, 0.25) is 0 Å². The zero-order valence-corrected chi connectivity index (χ0v) is 17.4. The first-order valence-electron chi connectivity index (χ1n) is 9.65. The van der Waals surface area contributed by atoms with Crippen LogP contribution in [0.1, 0.15) is 39.4 Å². The molecule has 1 aliphatic rings. The van der Waals surface area contributed by atoms with Crippen molar-refractivity contribution in [3.63, 3.8) is 0 Å². The first kappa shape index (κ1) is 19.1. The molecule has 2 aromatic heterocycles. The van der Waals surface area contributed by atoms with E-state index in [9.17, 15) is 0 Å². The number of nitrogens with zero attached hydrogens (tertiary/aromatic N) is 6. The van der Waals surface area contributed by atoms with E-state index in [1.165, 1.54) is 5.56 Å². The molecule has 1 saturated heterocycles. The van der Waals surface area contributed by atoms with Crippen LogP contribution in [0.15, 0.2) is 41.7 Å². The van der Waals surface area contributed by atoms with Gasteiger partial charge in [-0.05, 0) is 49.6 Å². The quantitative estimate of drug-likeness (QED) is 0.589. The molecule has 3 aromatic rings. The van der Waals surface area contributed by atoms with E-state index in [2.05, 4.69) is 65.1 Å². The Hall–Kier alpha value is -2.19. The van der Waals surface area contributed by atoms with Gasteiger partial charge in [-0.25, -0.2) is 9.67 Å². The smallest absolute Gasteiger partial charge is 0.168 e. The molecule has 28 heavy (non-hydrogen) atoms. The fraction of sp³-hybridized carbons (Fsp3) is 0.500. The number of imidazole rings is 1. The van der Waals surface area contributed by atoms with Crippen LogP contribution in [-0.2, 0) is 22.6 Å². The first-order valence-corrected chi connectivity index (χ1v) is 10.6. The zero-order valence-electron chi connectivity index (χ0n) is 16.6. The number of thioether (sulfide) groups is 1. The summed E-state index contributed by atoms with van der Waals surface area (Å²) in [4.78, 5) is 4.72. The van der Waals surface area contributed by atoms with E-state index >= 15 is 0 Å². The molecule has 8 heteroatoms. The number of tetrazole rings is 1. The van der Waals surface area contributed by atoms with E-state index < -0.39 is 0 Å². The van der Waals surface area contributed by atoms with Crippen molar-refractivity contribution in [1.82, 2.24) is 29.8 Å². The third kappa shape index (κ3) is 4.12. The molecule has 7 nitrogen and oxygen atoms in total. The Kier molecular flexibility index (Phi) is 5.50. The molecule has 1 atom stereocenters. The van der Waals surface area contributed by atoms with Gasteiger partial charge in [-0.15, -0.1) is 5.10 Å².